The van der Waals surface area contributed by atoms with Gasteiger partial charge >= 0.3 is 6.18 Å². The number of hydrogen-bond acceptors (Lipinski definition) is 2. The first kappa shape index (κ1) is 20.4. The van der Waals surface area contributed by atoms with Gasteiger partial charge in [-0.25, -0.2) is 0 Å². The summed E-state index contributed by atoms with van der Waals surface area (Å²) in [6.45, 7) is 4.64. The van der Waals surface area contributed by atoms with Gasteiger partial charge in [0.15, 0.2) is 0 Å². The monoisotopic (exact) mass is 393 g/mol. The van der Waals surface area contributed by atoms with Crippen LogP contribution in [0.1, 0.15) is 22.3 Å². The minimum atomic E-state index is -4.41. The van der Waals surface area contributed by atoms with Crippen LogP contribution in [0.15, 0.2) is 48.5 Å². The van der Waals surface area contributed by atoms with Crippen LogP contribution in [0.2, 0.25) is 0 Å². The molecule has 2 N–H and O–H groups in total. The van der Waals surface area contributed by atoms with Crippen molar-refractivity contribution >= 4 is 5.91 Å². The van der Waals surface area contributed by atoms with Gasteiger partial charge in [-0.3, -0.25) is 4.79 Å². The Morgan fingerprint density at radius 3 is 2.46 bits per heavy atom. The number of rotatable bonds is 6. The zero-order chi connectivity index (χ0) is 20.0. The van der Waals surface area contributed by atoms with E-state index in [-0.39, 0.29) is 12.3 Å². The largest absolute Gasteiger partial charge is 0.416 e. The first-order valence-corrected chi connectivity index (χ1v) is 9.33. The van der Waals surface area contributed by atoms with Crippen LogP contribution in [0.4, 0.5) is 13.2 Å². The van der Waals surface area contributed by atoms with Gasteiger partial charge in [-0.1, -0.05) is 42.5 Å². The van der Waals surface area contributed by atoms with E-state index >= 15 is 0 Å². The lowest BCUT2D eigenvalue weighted by Crippen LogP contribution is -3.12. The zero-order valence-corrected chi connectivity index (χ0v) is 15.5. The number of carbonyl (C=O) groups is 1. The molecule has 1 heterocycles. The number of alkyl halides is 3. The van der Waals surface area contributed by atoms with E-state index in [4.69, 9.17) is 4.74 Å². The Labute approximate surface area is 162 Å². The molecule has 28 heavy (non-hydrogen) atoms. The smallest absolute Gasteiger partial charge is 0.370 e. The molecular weight excluding hydrogens is 369 g/mol. The summed E-state index contributed by atoms with van der Waals surface area (Å²) < 4.78 is 43.8. The Bertz CT molecular complexity index is 802. The molecule has 0 bridgehead atoms. The molecule has 0 atom stereocenters. The summed E-state index contributed by atoms with van der Waals surface area (Å²) in [5.41, 5.74) is 1.80. The van der Waals surface area contributed by atoms with Crippen molar-refractivity contribution < 1.29 is 27.6 Å². The average molecular weight is 393 g/mol. The summed E-state index contributed by atoms with van der Waals surface area (Å²) in [7, 11) is 0. The molecule has 3 rings (SSSR count). The van der Waals surface area contributed by atoms with Gasteiger partial charge in [0.05, 0.1) is 25.2 Å². The number of morpholine rings is 1. The normalized spacial score (nSPS) is 15.4. The van der Waals surface area contributed by atoms with Crippen LogP contribution >= 0.6 is 0 Å². The van der Waals surface area contributed by atoms with Gasteiger partial charge in [-0.05, 0) is 17.2 Å². The van der Waals surface area contributed by atoms with Gasteiger partial charge in [-0.2, -0.15) is 13.2 Å². The molecule has 1 fully saturated rings. The summed E-state index contributed by atoms with van der Waals surface area (Å²) in [5, 5.41) is 2.83. The van der Waals surface area contributed by atoms with Gasteiger partial charge < -0.3 is 15.0 Å². The summed E-state index contributed by atoms with van der Waals surface area (Å²) in [5.74, 6) is -0.298. The molecule has 1 amide bonds. The van der Waals surface area contributed by atoms with E-state index in [1.165, 1.54) is 22.6 Å². The molecule has 2 aromatic carbocycles. The number of carbonyl (C=O) groups excluding carboxylic acids is 1. The predicted octanol–water partition coefficient (Wildman–Crippen LogP) is 1.98. The van der Waals surface area contributed by atoms with E-state index in [9.17, 15) is 18.0 Å². The Morgan fingerprint density at radius 1 is 1.04 bits per heavy atom. The fourth-order valence-corrected chi connectivity index (χ4v) is 3.31. The summed E-state index contributed by atoms with van der Waals surface area (Å²) >= 11 is 0. The van der Waals surface area contributed by atoms with Crippen molar-refractivity contribution in [1.29, 1.82) is 0 Å². The van der Waals surface area contributed by atoms with E-state index in [0.717, 1.165) is 50.5 Å². The average Bonchev–Trinajstić information content (AvgIpc) is 2.68. The van der Waals surface area contributed by atoms with E-state index in [1.807, 2.05) is 18.2 Å². The number of ether oxygens (including phenoxy) is 1. The van der Waals surface area contributed by atoms with Crippen LogP contribution in [0.3, 0.4) is 0 Å². The highest BCUT2D eigenvalue weighted by molar-refractivity contribution is 5.78. The topological polar surface area (TPSA) is 42.8 Å². The zero-order valence-electron chi connectivity index (χ0n) is 15.5. The maximum Gasteiger partial charge on any atom is 0.416 e. The highest BCUT2D eigenvalue weighted by atomic mass is 19.4. The highest BCUT2D eigenvalue weighted by Gasteiger charge is 2.30. The third kappa shape index (κ3) is 5.81. The molecule has 1 aliphatic heterocycles. The summed E-state index contributed by atoms with van der Waals surface area (Å²) in [6, 6.07) is 12.8. The third-order valence-corrected chi connectivity index (χ3v) is 4.85. The van der Waals surface area contributed by atoms with Crippen molar-refractivity contribution in [3.05, 3.63) is 70.8 Å². The van der Waals surface area contributed by atoms with Crippen LogP contribution in [0.5, 0.6) is 0 Å². The maximum absolute atomic E-state index is 12.8. The molecule has 1 saturated heterocycles. The summed E-state index contributed by atoms with van der Waals surface area (Å²) in [6.07, 6.45) is -4.49. The Balaban J connectivity index is 1.57. The fraction of sp³-hybridized carbons (Fsp3) is 0.381. The molecule has 0 spiro atoms. The van der Waals surface area contributed by atoms with Crippen LogP contribution in [0, 0.1) is 0 Å². The van der Waals surface area contributed by atoms with E-state index in [0.29, 0.717) is 12.1 Å². The molecule has 0 radical (unpaired) electrons. The summed E-state index contributed by atoms with van der Waals surface area (Å²) in [4.78, 5) is 13.7. The second kappa shape index (κ2) is 9.21. The first-order chi connectivity index (χ1) is 13.4. The molecule has 7 heteroatoms. The van der Waals surface area contributed by atoms with Gasteiger partial charge in [0.1, 0.15) is 19.6 Å². The molecule has 150 valence electrons. The van der Waals surface area contributed by atoms with Crippen LogP contribution < -0.4 is 10.2 Å². The number of halogens is 3. The van der Waals surface area contributed by atoms with Crippen molar-refractivity contribution in [2.45, 2.75) is 25.7 Å². The van der Waals surface area contributed by atoms with Crippen LogP contribution in [0.25, 0.3) is 0 Å². The van der Waals surface area contributed by atoms with Gasteiger partial charge in [0.2, 0.25) is 5.91 Å². The van der Waals surface area contributed by atoms with Crippen molar-refractivity contribution in [3.63, 3.8) is 0 Å². The maximum atomic E-state index is 12.8. The first-order valence-electron chi connectivity index (χ1n) is 9.33. The Hall–Kier alpha value is -2.38. The standard InChI is InChI=1S/C21H23F3N2O2/c22-21(23,24)19-7-3-4-16(12-19)13-20(27)25-14-17-5-1-2-6-18(17)15-26-8-10-28-11-9-26/h1-7,12H,8-11,13-15H2,(H,25,27)/p+1. The predicted molar refractivity (Wildman–Crippen MR) is 98.7 cm³/mol. The molecule has 0 saturated carbocycles. The fourth-order valence-electron chi connectivity index (χ4n) is 3.31. The molecule has 1 aliphatic rings. The Kier molecular flexibility index (Phi) is 6.70. The third-order valence-electron chi connectivity index (χ3n) is 4.85. The van der Waals surface area contributed by atoms with Gasteiger partial charge in [0, 0.05) is 12.1 Å². The number of nitrogens with one attached hydrogen (secondary N) is 2. The van der Waals surface area contributed by atoms with E-state index in [2.05, 4.69) is 11.4 Å². The second-order valence-electron chi connectivity index (χ2n) is 6.96. The van der Waals surface area contributed by atoms with Gasteiger partial charge in [-0.15, -0.1) is 0 Å². The lowest BCUT2D eigenvalue weighted by molar-refractivity contribution is -0.921. The molecule has 2 aromatic rings. The van der Waals surface area contributed by atoms with Crippen LogP contribution in [-0.4, -0.2) is 32.2 Å². The lowest BCUT2D eigenvalue weighted by Gasteiger charge is -2.24. The molecule has 0 aromatic heterocycles. The van der Waals surface area contributed by atoms with E-state index < -0.39 is 11.7 Å². The lowest BCUT2D eigenvalue weighted by atomic mass is 10.1. The Morgan fingerprint density at radius 2 is 1.75 bits per heavy atom. The van der Waals surface area contributed by atoms with Crippen molar-refractivity contribution in [3.8, 4) is 0 Å². The number of amides is 1. The number of benzene rings is 2. The minimum absolute atomic E-state index is 0.0825. The molecule has 4 nitrogen and oxygen atoms in total. The minimum Gasteiger partial charge on any atom is -0.370 e. The number of quaternary nitrogens is 1. The van der Waals surface area contributed by atoms with E-state index in [1.54, 1.807) is 0 Å². The van der Waals surface area contributed by atoms with Crippen molar-refractivity contribution in [1.82, 2.24) is 5.32 Å². The highest BCUT2D eigenvalue weighted by Crippen LogP contribution is 2.29. The molecule has 0 aliphatic carbocycles. The van der Waals surface area contributed by atoms with Crippen molar-refractivity contribution in [2.75, 3.05) is 26.3 Å². The number of hydrogen-bond donors (Lipinski definition) is 2. The second-order valence-corrected chi connectivity index (χ2v) is 6.96. The van der Waals surface area contributed by atoms with Crippen LogP contribution in [-0.2, 0) is 35.2 Å². The SMILES string of the molecule is O=C(Cc1cccc(C(F)(F)F)c1)NCc1ccccc1C[NH+]1CCOCC1. The molecule has 0 unspecified atom stereocenters. The quantitative estimate of drug-likeness (QED) is 0.788. The molecular formula is C21H24F3N2O2+. The van der Waals surface area contributed by atoms with Gasteiger partial charge in [0.25, 0.3) is 0 Å². The van der Waals surface area contributed by atoms with Crippen molar-refractivity contribution in [2.24, 2.45) is 0 Å².